The van der Waals surface area contributed by atoms with Crippen molar-refractivity contribution in [3.63, 3.8) is 0 Å². The molecule has 1 unspecified atom stereocenters. The van der Waals surface area contributed by atoms with Gasteiger partial charge in [-0.15, -0.1) is 0 Å². The van der Waals surface area contributed by atoms with Crippen LogP contribution < -0.4 is 22.2 Å². The molecule has 210 valence electrons. The van der Waals surface area contributed by atoms with Crippen LogP contribution in [-0.4, -0.2) is 27.6 Å². The first-order valence-electron chi connectivity index (χ1n) is 13.7. The van der Waals surface area contributed by atoms with E-state index in [0.29, 0.717) is 29.0 Å². The molecule has 9 heteroatoms. The summed E-state index contributed by atoms with van der Waals surface area (Å²) >= 11 is 0. The molecular formula is C32H35FN8. The predicted octanol–water partition coefficient (Wildman–Crippen LogP) is 6.06. The van der Waals surface area contributed by atoms with Crippen molar-refractivity contribution < 1.29 is 4.39 Å². The van der Waals surface area contributed by atoms with Crippen LogP contribution in [-0.2, 0) is 0 Å². The fourth-order valence-electron chi connectivity index (χ4n) is 4.64. The van der Waals surface area contributed by atoms with Crippen LogP contribution in [0.3, 0.4) is 0 Å². The summed E-state index contributed by atoms with van der Waals surface area (Å²) in [6, 6.07) is 17.9. The van der Waals surface area contributed by atoms with E-state index in [1.54, 1.807) is 35.7 Å². The largest absolute Gasteiger partial charge is 0.399 e. The third-order valence-electron chi connectivity index (χ3n) is 6.94. The van der Waals surface area contributed by atoms with Gasteiger partial charge in [0.2, 0.25) is 0 Å². The van der Waals surface area contributed by atoms with Gasteiger partial charge in [-0.05, 0) is 60.2 Å². The van der Waals surface area contributed by atoms with Crippen molar-refractivity contribution >= 4 is 22.3 Å². The van der Waals surface area contributed by atoms with Gasteiger partial charge < -0.3 is 21.4 Å². The van der Waals surface area contributed by atoms with Crippen LogP contribution in [0.25, 0.3) is 22.2 Å². The van der Waals surface area contributed by atoms with Gasteiger partial charge in [0.05, 0.1) is 34.2 Å². The number of fused-ring (bicyclic) bond motifs is 1. The summed E-state index contributed by atoms with van der Waals surface area (Å²) in [7, 11) is 0. The van der Waals surface area contributed by atoms with Gasteiger partial charge in [0, 0.05) is 47.8 Å². The molecule has 6 N–H and O–H groups in total. The molecule has 0 amide bonds. The minimum absolute atomic E-state index is 0.0232. The molecule has 0 bridgehead atoms. The smallest absolute Gasteiger partial charge is 0.123 e. The number of nitriles is 1. The van der Waals surface area contributed by atoms with Gasteiger partial charge in [-0.2, -0.15) is 5.26 Å². The minimum Gasteiger partial charge on any atom is -0.399 e. The second-order valence-corrected chi connectivity index (χ2v) is 11.6. The first-order chi connectivity index (χ1) is 19.6. The summed E-state index contributed by atoms with van der Waals surface area (Å²) in [6.45, 7) is 7.05. The molecule has 1 saturated carbocycles. The van der Waals surface area contributed by atoms with Crippen LogP contribution >= 0.6 is 0 Å². The molecule has 1 aliphatic carbocycles. The average molecular weight is 551 g/mol. The first-order valence-corrected chi connectivity index (χ1v) is 13.7. The van der Waals surface area contributed by atoms with E-state index in [1.165, 1.54) is 12.1 Å². The highest BCUT2D eigenvalue weighted by Crippen LogP contribution is 2.37. The maximum Gasteiger partial charge on any atom is 0.123 e. The number of rotatable bonds is 9. The topological polar surface area (TPSA) is 129 Å². The van der Waals surface area contributed by atoms with Crippen LogP contribution in [0.15, 0.2) is 78.9 Å². The van der Waals surface area contributed by atoms with Crippen molar-refractivity contribution in [2.75, 3.05) is 17.2 Å². The summed E-state index contributed by atoms with van der Waals surface area (Å²) in [5, 5.41) is 19.4. The number of hydrazine groups is 1. The third-order valence-corrected chi connectivity index (χ3v) is 6.94. The highest BCUT2D eigenvalue weighted by Gasteiger charge is 2.27. The van der Waals surface area contributed by atoms with Crippen molar-refractivity contribution in [2.45, 2.75) is 45.7 Å². The second-order valence-electron chi connectivity index (χ2n) is 11.6. The number of aromatic nitrogens is 2. The molecule has 0 radical (unpaired) electrons. The lowest BCUT2D eigenvalue weighted by Crippen LogP contribution is -2.30. The van der Waals surface area contributed by atoms with Crippen molar-refractivity contribution in [1.82, 2.24) is 15.0 Å². The van der Waals surface area contributed by atoms with Crippen LogP contribution in [0.1, 0.15) is 50.8 Å². The van der Waals surface area contributed by atoms with E-state index in [2.05, 4.69) is 42.5 Å². The molecule has 8 nitrogen and oxygen atoms in total. The monoisotopic (exact) mass is 550 g/mol. The van der Waals surface area contributed by atoms with Gasteiger partial charge in [0.25, 0.3) is 0 Å². The molecule has 0 spiro atoms. The Morgan fingerprint density at radius 2 is 1.93 bits per heavy atom. The fourth-order valence-corrected chi connectivity index (χ4v) is 4.64. The predicted molar refractivity (Wildman–Crippen MR) is 162 cm³/mol. The molecule has 5 rings (SSSR count). The maximum atomic E-state index is 13.8. The molecule has 41 heavy (non-hydrogen) atoms. The number of nitrogens with zero attached hydrogens (tertiary/aromatic N) is 4. The summed E-state index contributed by atoms with van der Waals surface area (Å²) in [5.74, 6) is 5.91. The lowest BCUT2D eigenvalue weighted by atomic mass is 9.96. The Hall–Kier alpha value is -4.68. The van der Waals surface area contributed by atoms with Crippen LogP contribution in [0.5, 0.6) is 0 Å². The maximum absolute atomic E-state index is 13.8. The van der Waals surface area contributed by atoms with Gasteiger partial charge in [-0.3, -0.25) is 9.97 Å². The van der Waals surface area contributed by atoms with Crippen molar-refractivity contribution in [3.05, 3.63) is 95.8 Å². The lowest BCUT2D eigenvalue weighted by Gasteiger charge is -2.25. The lowest BCUT2D eigenvalue weighted by molar-refractivity contribution is 0.378. The number of anilines is 2. The quantitative estimate of drug-likeness (QED) is 0.146. The second kappa shape index (κ2) is 11.4. The van der Waals surface area contributed by atoms with Gasteiger partial charge in [0.15, 0.2) is 0 Å². The Bertz CT molecular complexity index is 1600. The Labute approximate surface area is 239 Å². The molecule has 1 fully saturated rings. The Morgan fingerprint density at radius 1 is 1.17 bits per heavy atom. The summed E-state index contributed by atoms with van der Waals surface area (Å²) < 4.78 is 13.8. The average Bonchev–Trinajstić information content (AvgIpc) is 3.80. The molecule has 2 heterocycles. The normalized spacial score (nSPS) is 14.4. The SMILES string of the molecule is CC(C)(C)CNc1c(C#N)cnc2c(-c3ccccn3)cc(NC(/C(N)=C/N(N)C3CC3)c3ccc(F)cc3)cc12. The standard InChI is InChI=1S/C32H35FN8/c1-32(2,3)19-39-29-21(16-34)17-38-31-25(28-6-4-5-13-37-28)14-23(15-26(29)31)40-30(20-7-9-22(33)10-8-20)27(35)18-41(36)24-11-12-24/h4-10,13-15,17-18,24,30,40H,11-12,19,35-36H2,1-3H3,(H,38,39)/b27-18-. The number of hydrogen-bond donors (Lipinski definition) is 4. The molecule has 1 aliphatic rings. The Morgan fingerprint density at radius 3 is 2.56 bits per heavy atom. The number of benzene rings is 2. The molecule has 1 atom stereocenters. The summed E-state index contributed by atoms with van der Waals surface area (Å²) in [5.41, 5.74) is 12.0. The fraction of sp³-hybridized carbons (Fsp3) is 0.281. The van der Waals surface area contributed by atoms with E-state index in [0.717, 1.165) is 40.7 Å². The molecule has 2 aromatic carbocycles. The zero-order valence-corrected chi connectivity index (χ0v) is 23.5. The molecule has 2 aromatic heterocycles. The number of pyridine rings is 2. The van der Waals surface area contributed by atoms with E-state index in [1.807, 2.05) is 30.3 Å². The van der Waals surface area contributed by atoms with E-state index in [4.69, 9.17) is 16.6 Å². The van der Waals surface area contributed by atoms with Gasteiger partial charge in [0.1, 0.15) is 11.9 Å². The zero-order chi connectivity index (χ0) is 29.1. The highest BCUT2D eigenvalue weighted by atomic mass is 19.1. The van der Waals surface area contributed by atoms with Gasteiger partial charge in [-0.25, -0.2) is 10.2 Å². The molecule has 0 aliphatic heterocycles. The Kier molecular flexibility index (Phi) is 7.77. The molecular weight excluding hydrogens is 515 g/mol. The number of halogens is 1. The van der Waals surface area contributed by atoms with Crippen molar-refractivity contribution in [2.24, 2.45) is 17.0 Å². The van der Waals surface area contributed by atoms with Crippen molar-refractivity contribution in [1.29, 1.82) is 5.26 Å². The van der Waals surface area contributed by atoms with E-state index < -0.39 is 6.04 Å². The van der Waals surface area contributed by atoms with Crippen LogP contribution in [0, 0.1) is 22.6 Å². The van der Waals surface area contributed by atoms with Crippen LogP contribution in [0.2, 0.25) is 0 Å². The Balaban J connectivity index is 1.67. The third kappa shape index (κ3) is 6.56. The van der Waals surface area contributed by atoms with E-state index >= 15 is 0 Å². The highest BCUT2D eigenvalue weighted by molar-refractivity contribution is 6.03. The van der Waals surface area contributed by atoms with Gasteiger partial charge in [-0.1, -0.05) is 39.0 Å². The van der Waals surface area contributed by atoms with E-state index in [9.17, 15) is 9.65 Å². The first kappa shape index (κ1) is 27.9. The zero-order valence-electron chi connectivity index (χ0n) is 23.5. The number of hydrogen-bond acceptors (Lipinski definition) is 8. The minimum atomic E-state index is -0.507. The summed E-state index contributed by atoms with van der Waals surface area (Å²) in [4.78, 5) is 9.28. The molecule has 0 saturated heterocycles. The summed E-state index contributed by atoms with van der Waals surface area (Å²) in [6.07, 6.45) is 7.12. The van der Waals surface area contributed by atoms with Gasteiger partial charge >= 0.3 is 0 Å². The van der Waals surface area contributed by atoms with Crippen LogP contribution in [0.4, 0.5) is 15.8 Å². The number of nitrogens with one attached hydrogen (secondary N) is 2. The van der Waals surface area contributed by atoms with Crippen molar-refractivity contribution in [3.8, 4) is 17.3 Å². The van der Waals surface area contributed by atoms with E-state index in [-0.39, 0.29) is 17.3 Å². The molecule has 4 aromatic rings. The number of nitrogens with two attached hydrogens (primary N) is 2.